The van der Waals surface area contributed by atoms with Crippen LogP contribution in [0.3, 0.4) is 0 Å². The summed E-state index contributed by atoms with van der Waals surface area (Å²) in [5.74, 6) is 2.12. The number of carbonyl (C=O) groups is 1. The lowest BCUT2D eigenvalue weighted by molar-refractivity contribution is -0.131. The molecule has 0 saturated carbocycles. The van der Waals surface area contributed by atoms with Crippen molar-refractivity contribution in [2.24, 2.45) is 0 Å². The molecular weight excluding hydrogens is 480 g/mol. The largest absolute Gasteiger partial charge is 0.497 e. The Morgan fingerprint density at radius 2 is 1.53 bits per heavy atom. The van der Waals surface area contributed by atoms with Crippen LogP contribution in [0.2, 0.25) is 0 Å². The zero-order valence-electron chi connectivity index (χ0n) is 22.4. The summed E-state index contributed by atoms with van der Waals surface area (Å²) in [6.45, 7) is 4.96. The van der Waals surface area contributed by atoms with Crippen molar-refractivity contribution in [1.29, 1.82) is 0 Å². The maximum atomic E-state index is 13.7. The van der Waals surface area contributed by atoms with Crippen LogP contribution in [0.15, 0.2) is 67.0 Å². The molecule has 8 heteroatoms. The smallest absolute Gasteiger partial charge is 0.223 e. The highest BCUT2D eigenvalue weighted by molar-refractivity contribution is 5.78. The maximum Gasteiger partial charge on any atom is 0.223 e. The summed E-state index contributed by atoms with van der Waals surface area (Å²) in [6, 6.07) is 18.0. The fourth-order valence-electron chi connectivity index (χ4n) is 5.09. The number of pyridine rings is 1. The number of benzene rings is 2. The number of piperazine rings is 1. The highest BCUT2D eigenvalue weighted by Crippen LogP contribution is 2.35. The van der Waals surface area contributed by atoms with E-state index in [0.717, 1.165) is 47.0 Å². The summed E-state index contributed by atoms with van der Waals surface area (Å²) in [5.41, 5.74) is 5.05. The lowest BCUT2D eigenvalue weighted by Crippen LogP contribution is -2.49. The molecule has 4 aromatic rings. The van der Waals surface area contributed by atoms with Crippen molar-refractivity contribution in [3.05, 3.63) is 83.8 Å². The fraction of sp³-hybridized carbons (Fsp3) is 0.333. The number of carbonyl (C=O) groups excluding carboxylic acids is 1. The van der Waals surface area contributed by atoms with Gasteiger partial charge in [0.15, 0.2) is 0 Å². The molecule has 1 fully saturated rings. The highest BCUT2D eigenvalue weighted by Gasteiger charge is 2.28. The standard InChI is InChI=1S/C30H34N4O4/c1-21-9-10-34-28(20-31-29(34)15-21)27(22-16-25(37-3)18-26(17-22)38-4)19-30(35)33-13-11-32(12-14-33)23-5-7-24(36-2)8-6-23/h5-10,15-18,20,27H,11-14,19H2,1-4H3. The molecule has 2 aromatic carbocycles. The molecule has 0 bridgehead atoms. The predicted molar refractivity (Wildman–Crippen MR) is 148 cm³/mol. The summed E-state index contributed by atoms with van der Waals surface area (Å²) in [4.78, 5) is 22.6. The van der Waals surface area contributed by atoms with E-state index in [4.69, 9.17) is 14.2 Å². The lowest BCUT2D eigenvalue weighted by Gasteiger charge is -2.36. The van der Waals surface area contributed by atoms with Gasteiger partial charge in [0.25, 0.3) is 0 Å². The maximum absolute atomic E-state index is 13.7. The number of methoxy groups -OCH3 is 3. The Morgan fingerprint density at radius 1 is 0.868 bits per heavy atom. The number of hydrogen-bond acceptors (Lipinski definition) is 6. The first-order chi connectivity index (χ1) is 18.5. The van der Waals surface area contributed by atoms with Crippen molar-refractivity contribution in [3.63, 3.8) is 0 Å². The van der Waals surface area contributed by atoms with Crippen LogP contribution in [0, 0.1) is 6.92 Å². The summed E-state index contributed by atoms with van der Waals surface area (Å²) in [5, 5.41) is 0. The van der Waals surface area contributed by atoms with E-state index in [2.05, 4.69) is 32.5 Å². The van der Waals surface area contributed by atoms with Gasteiger partial charge < -0.3 is 28.4 Å². The molecule has 5 rings (SSSR count). The van der Waals surface area contributed by atoms with Gasteiger partial charge in [0.2, 0.25) is 5.91 Å². The first-order valence-electron chi connectivity index (χ1n) is 12.8. The molecule has 8 nitrogen and oxygen atoms in total. The Bertz CT molecular complexity index is 1390. The SMILES string of the molecule is COc1ccc(N2CCN(C(=O)CC(c3cc(OC)cc(OC)c3)c3cnc4cc(C)ccn34)CC2)cc1. The van der Waals surface area contributed by atoms with Crippen LogP contribution in [-0.4, -0.2) is 67.7 Å². The molecule has 1 aliphatic rings. The van der Waals surface area contributed by atoms with Crippen molar-refractivity contribution in [2.75, 3.05) is 52.4 Å². The van der Waals surface area contributed by atoms with Crippen molar-refractivity contribution in [1.82, 2.24) is 14.3 Å². The van der Waals surface area contributed by atoms with E-state index in [1.165, 1.54) is 0 Å². The minimum absolute atomic E-state index is 0.119. The molecule has 198 valence electrons. The third-order valence-corrected chi connectivity index (χ3v) is 7.28. The van der Waals surface area contributed by atoms with Gasteiger partial charge in [0, 0.05) is 62.7 Å². The second-order valence-corrected chi connectivity index (χ2v) is 9.58. The van der Waals surface area contributed by atoms with Crippen LogP contribution in [-0.2, 0) is 4.79 Å². The monoisotopic (exact) mass is 514 g/mol. The molecule has 3 heterocycles. The van der Waals surface area contributed by atoms with Gasteiger partial charge in [-0.25, -0.2) is 4.98 Å². The highest BCUT2D eigenvalue weighted by atomic mass is 16.5. The summed E-state index contributed by atoms with van der Waals surface area (Å²) in [6.07, 6.45) is 4.22. The molecule has 1 atom stereocenters. The van der Waals surface area contributed by atoms with Gasteiger partial charge in [-0.05, 0) is 66.6 Å². The normalized spacial score (nSPS) is 14.4. The van der Waals surface area contributed by atoms with Crippen molar-refractivity contribution >= 4 is 17.2 Å². The molecular formula is C30H34N4O4. The van der Waals surface area contributed by atoms with E-state index in [9.17, 15) is 4.79 Å². The molecule has 1 amide bonds. The molecule has 0 aliphatic carbocycles. The number of nitrogens with zero attached hydrogens (tertiary/aromatic N) is 4. The Kier molecular flexibility index (Phi) is 7.40. The van der Waals surface area contributed by atoms with Gasteiger partial charge in [-0.2, -0.15) is 0 Å². The fourth-order valence-corrected chi connectivity index (χ4v) is 5.09. The number of ether oxygens (including phenoxy) is 3. The quantitative estimate of drug-likeness (QED) is 0.344. The molecule has 0 N–H and O–H groups in total. The predicted octanol–water partition coefficient (Wildman–Crippen LogP) is 4.54. The number of rotatable bonds is 8. The number of hydrogen-bond donors (Lipinski definition) is 0. The van der Waals surface area contributed by atoms with Crippen LogP contribution < -0.4 is 19.1 Å². The number of aryl methyl sites for hydroxylation is 1. The van der Waals surface area contributed by atoms with Crippen molar-refractivity contribution in [2.45, 2.75) is 19.3 Å². The summed E-state index contributed by atoms with van der Waals surface area (Å²) in [7, 11) is 4.94. The average Bonchev–Trinajstić information content (AvgIpc) is 3.38. The number of aromatic nitrogens is 2. The number of anilines is 1. The van der Waals surface area contributed by atoms with Crippen LogP contribution >= 0.6 is 0 Å². The van der Waals surface area contributed by atoms with Gasteiger partial charge in [-0.15, -0.1) is 0 Å². The summed E-state index contributed by atoms with van der Waals surface area (Å²) >= 11 is 0. The minimum Gasteiger partial charge on any atom is -0.497 e. The Labute approximate surface area is 223 Å². The van der Waals surface area contributed by atoms with E-state index >= 15 is 0 Å². The number of imidazole rings is 1. The van der Waals surface area contributed by atoms with Gasteiger partial charge in [-0.1, -0.05) is 0 Å². The van der Waals surface area contributed by atoms with Crippen molar-refractivity contribution in [3.8, 4) is 17.2 Å². The third-order valence-electron chi connectivity index (χ3n) is 7.28. The van der Waals surface area contributed by atoms with E-state index in [-0.39, 0.29) is 11.8 Å². The second kappa shape index (κ2) is 11.0. The van der Waals surface area contributed by atoms with Gasteiger partial charge in [0.05, 0.1) is 27.0 Å². The van der Waals surface area contributed by atoms with Crippen LogP contribution in [0.4, 0.5) is 5.69 Å². The zero-order chi connectivity index (χ0) is 26.6. The third kappa shape index (κ3) is 5.25. The molecule has 0 radical (unpaired) electrons. The first-order valence-corrected chi connectivity index (χ1v) is 12.8. The molecule has 1 unspecified atom stereocenters. The van der Waals surface area contributed by atoms with E-state index in [0.29, 0.717) is 31.0 Å². The molecule has 0 spiro atoms. The average molecular weight is 515 g/mol. The minimum atomic E-state index is -0.219. The second-order valence-electron chi connectivity index (χ2n) is 9.58. The van der Waals surface area contributed by atoms with E-state index < -0.39 is 0 Å². The first kappa shape index (κ1) is 25.4. The number of amides is 1. The Hall–Kier alpha value is -4.20. The number of fused-ring (bicyclic) bond motifs is 1. The Morgan fingerprint density at radius 3 is 2.16 bits per heavy atom. The van der Waals surface area contributed by atoms with Gasteiger partial charge >= 0.3 is 0 Å². The topological polar surface area (TPSA) is 68.5 Å². The zero-order valence-corrected chi connectivity index (χ0v) is 22.4. The van der Waals surface area contributed by atoms with E-state index in [1.54, 1.807) is 21.3 Å². The van der Waals surface area contributed by atoms with Crippen molar-refractivity contribution < 1.29 is 19.0 Å². The molecule has 1 aliphatic heterocycles. The van der Waals surface area contributed by atoms with Gasteiger partial charge in [0.1, 0.15) is 22.9 Å². The van der Waals surface area contributed by atoms with Crippen LogP contribution in [0.25, 0.3) is 5.65 Å². The van der Waals surface area contributed by atoms with Gasteiger partial charge in [-0.3, -0.25) is 4.79 Å². The van der Waals surface area contributed by atoms with E-state index in [1.807, 2.05) is 60.6 Å². The summed E-state index contributed by atoms with van der Waals surface area (Å²) < 4.78 is 18.4. The molecule has 2 aromatic heterocycles. The molecule has 1 saturated heterocycles. The van der Waals surface area contributed by atoms with Crippen LogP contribution in [0.5, 0.6) is 17.2 Å². The van der Waals surface area contributed by atoms with Crippen LogP contribution in [0.1, 0.15) is 29.2 Å². The lowest BCUT2D eigenvalue weighted by atomic mass is 9.91. The molecule has 38 heavy (non-hydrogen) atoms. The Balaban J connectivity index is 1.39.